The maximum Gasteiger partial charge on any atom is 0.154 e. The summed E-state index contributed by atoms with van der Waals surface area (Å²) in [4.78, 5) is 0. The highest BCUT2D eigenvalue weighted by Crippen LogP contribution is 2.30. The molecule has 0 amide bonds. The molecule has 1 aliphatic rings. The van der Waals surface area contributed by atoms with Crippen molar-refractivity contribution in [3.05, 3.63) is 0 Å². The van der Waals surface area contributed by atoms with E-state index >= 15 is 0 Å². The Bertz CT molecular complexity index is 330. The molecule has 2 N–H and O–H groups in total. The Morgan fingerprint density at radius 1 is 1.35 bits per heavy atom. The highest BCUT2D eigenvalue weighted by Gasteiger charge is 2.37. The number of nitrogens with one attached hydrogen (secondary N) is 1. The van der Waals surface area contributed by atoms with E-state index in [-0.39, 0.29) is 22.3 Å². The molecular weight excluding hydrogens is 258 g/mol. The van der Waals surface area contributed by atoms with E-state index in [0.717, 1.165) is 19.4 Å². The minimum Gasteiger partial charge on any atom is -0.390 e. The predicted molar refractivity (Wildman–Crippen MR) is 73.3 cm³/mol. The third kappa shape index (κ3) is 3.84. The molecule has 17 heavy (non-hydrogen) atoms. The number of hydrogen-bond donors (Lipinski definition) is 2. The van der Waals surface area contributed by atoms with Crippen molar-refractivity contribution in [3.63, 3.8) is 0 Å². The van der Waals surface area contributed by atoms with Gasteiger partial charge in [0, 0.05) is 17.3 Å². The maximum atomic E-state index is 11.4. The van der Waals surface area contributed by atoms with E-state index < -0.39 is 15.9 Å². The molecule has 1 fully saturated rings. The summed E-state index contributed by atoms with van der Waals surface area (Å²) < 4.78 is 22.9. The normalized spacial score (nSPS) is 28.5. The number of aliphatic hydroxyl groups is 1. The van der Waals surface area contributed by atoms with Crippen LogP contribution in [-0.4, -0.2) is 54.7 Å². The number of thioether (sulfide) groups is 1. The molecule has 102 valence electrons. The van der Waals surface area contributed by atoms with Gasteiger partial charge in [-0.1, -0.05) is 13.8 Å². The first kappa shape index (κ1) is 15.3. The zero-order chi connectivity index (χ0) is 13.1. The smallest absolute Gasteiger partial charge is 0.154 e. The Morgan fingerprint density at radius 2 is 1.94 bits per heavy atom. The highest BCUT2D eigenvalue weighted by molar-refractivity contribution is 8.00. The second kappa shape index (κ2) is 5.91. The summed E-state index contributed by atoms with van der Waals surface area (Å²) >= 11 is 1.81. The van der Waals surface area contributed by atoms with Gasteiger partial charge in [-0.3, -0.25) is 0 Å². The van der Waals surface area contributed by atoms with Gasteiger partial charge in [0.1, 0.15) is 0 Å². The van der Waals surface area contributed by atoms with Crippen LogP contribution in [0.3, 0.4) is 0 Å². The molecule has 0 saturated carbocycles. The number of rotatable bonds is 6. The van der Waals surface area contributed by atoms with Crippen molar-refractivity contribution >= 4 is 21.6 Å². The van der Waals surface area contributed by atoms with E-state index in [1.807, 2.05) is 11.8 Å². The van der Waals surface area contributed by atoms with Gasteiger partial charge in [0.2, 0.25) is 0 Å². The van der Waals surface area contributed by atoms with E-state index in [1.165, 1.54) is 0 Å². The molecule has 0 aliphatic carbocycles. The molecule has 1 rings (SSSR count). The summed E-state index contributed by atoms with van der Waals surface area (Å²) in [6.07, 6.45) is 3.39. The Kier molecular flexibility index (Phi) is 5.31. The van der Waals surface area contributed by atoms with Gasteiger partial charge in [0.15, 0.2) is 9.84 Å². The average Bonchev–Trinajstić information content (AvgIpc) is 2.55. The van der Waals surface area contributed by atoms with Gasteiger partial charge in [0.05, 0.1) is 17.6 Å². The van der Waals surface area contributed by atoms with Gasteiger partial charge in [-0.15, -0.1) is 0 Å². The molecule has 2 unspecified atom stereocenters. The van der Waals surface area contributed by atoms with Crippen molar-refractivity contribution < 1.29 is 13.5 Å². The lowest BCUT2D eigenvalue weighted by atomic mass is 10.0. The first-order chi connectivity index (χ1) is 7.88. The van der Waals surface area contributed by atoms with Crippen LogP contribution < -0.4 is 5.32 Å². The van der Waals surface area contributed by atoms with Crippen LogP contribution in [0, 0.1) is 0 Å². The fourth-order valence-corrected chi connectivity index (χ4v) is 4.78. The lowest BCUT2D eigenvalue weighted by Gasteiger charge is -2.31. The zero-order valence-corrected chi connectivity index (χ0v) is 12.4. The fourth-order valence-electron chi connectivity index (χ4n) is 2.20. The first-order valence-electron chi connectivity index (χ1n) is 6.05. The lowest BCUT2D eigenvalue weighted by molar-refractivity contribution is 0.164. The van der Waals surface area contributed by atoms with Crippen LogP contribution in [0.2, 0.25) is 0 Å². The van der Waals surface area contributed by atoms with Crippen LogP contribution in [0.25, 0.3) is 0 Å². The van der Waals surface area contributed by atoms with Crippen LogP contribution in [0.5, 0.6) is 0 Å². The monoisotopic (exact) mass is 281 g/mol. The first-order valence-corrected chi connectivity index (χ1v) is 9.09. The SMILES string of the molecule is CCC(CC)(CNC1CS(=O)(=O)CC1O)SC. The van der Waals surface area contributed by atoms with E-state index in [4.69, 9.17) is 0 Å². The molecular formula is C11H23NO3S2. The molecule has 0 radical (unpaired) electrons. The second-order valence-electron chi connectivity index (χ2n) is 4.73. The highest BCUT2D eigenvalue weighted by atomic mass is 32.2. The third-order valence-corrected chi connectivity index (χ3v) is 7.03. The standard InChI is InChI=1S/C11H23NO3S2/c1-4-11(5-2,16-3)8-12-9-6-17(14,15)7-10(9)13/h9-10,12-13H,4-8H2,1-3H3. The molecule has 2 atom stereocenters. The van der Waals surface area contributed by atoms with Crippen molar-refractivity contribution in [2.45, 2.75) is 43.6 Å². The molecule has 0 aromatic heterocycles. The number of sulfone groups is 1. The van der Waals surface area contributed by atoms with Crippen molar-refractivity contribution in [3.8, 4) is 0 Å². The Labute approximate surface area is 108 Å². The third-order valence-electron chi connectivity index (χ3n) is 3.73. The van der Waals surface area contributed by atoms with Gasteiger partial charge in [0.25, 0.3) is 0 Å². The molecule has 1 saturated heterocycles. The topological polar surface area (TPSA) is 66.4 Å². The number of aliphatic hydroxyl groups excluding tert-OH is 1. The van der Waals surface area contributed by atoms with Gasteiger partial charge < -0.3 is 10.4 Å². The summed E-state index contributed by atoms with van der Waals surface area (Å²) in [7, 11) is -3.05. The van der Waals surface area contributed by atoms with Gasteiger partial charge >= 0.3 is 0 Å². The Hall–Kier alpha value is 0.220. The van der Waals surface area contributed by atoms with Crippen molar-refractivity contribution in [2.75, 3.05) is 24.3 Å². The second-order valence-corrected chi connectivity index (χ2v) is 8.15. The molecule has 4 nitrogen and oxygen atoms in total. The van der Waals surface area contributed by atoms with E-state index in [9.17, 15) is 13.5 Å². The minimum atomic E-state index is -3.05. The molecule has 6 heteroatoms. The summed E-state index contributed by atoms with van der Waals surface area (Å²) in [5.74, 6) is -0.0404. The fraction of sp³-hybridized carbons (Fsp3) is 1.00. The summed E-state index contributed by atoms with van der Waals surface area (Å²) in [6.45, 7) is 5.03. The van der Waals surface area contributed by atoms with E-state index in [1.54, 1.807) is 0 Å². The van der Waals surface area contributed by atoms with Gasteiger partial charge in [-0.25, -0.2) is 8.42 Å². The van der Waals surface area contributed by atoms with Crippen molar-refractivity contribution in [2.24, 2.45) is 0 Å². The average molecular weight is 281 g/mol. The minimum absolute atomic E-state index is 0.0616. The van der Waals surface area contributed by atoms with Crippen LogP contribution >= 0.6 is 11.8 Å². The van der Waals surface area contributed by atoms with E-state index in [0.29, 0.717) is 0 Å². The summed E-state index contributed by atoms with van der Waals surface area (Å²) in [5.41, 5.74) is 0. The van der Waals surface area contributed by atoms with Gasteiger partial charge in [-0.2, -0.15) is 11.8 Å². The van der Waals surface area contributed by atoms with E-state index in [2.05, 4.69) is 25.4 Å². The Morgan fingerprint density at radius 3 is 2.29 bits per heavy atom. The van der Waals surface area contributed by atoms with Crippen LogP contribution in [0.4, 0.5) is 0 Å². The van der Waals surface area contributed by atoms with Crippen molar-refractivity contribution in [1.29, 1.82) is 0 Å². The van der Waals surface area contributed by atoms with Crippen molar-refractivity contribution in [1.82, 2.24) is 5.32 Å². The number of hydrogen-bond acceptors (Lipinski definition) is 5. The largest absolute Gasteiger partial charge is 0.390 e. The van der Waals surface area contributed by atoms with Crippen LogP contribution in [-0.2, 0) is 9.84 Å². The molecule has 1 aliphatic heterocycles. The quantitative estimate of drug-likeness (QED) is 0.748. The Balaban J connectivity index is 2.56. The summed E-state index contributed by atoms with van der Waals surface area (Å²) in [5, 5.41) is 12.9. The molecule has 0 spiro atoms. The lowest BCUT2D eigenvalue weighted by Crippen LogP contribution is -2.46. The molecule has 0 bridgehead atoms. The molecule has 0 aromatic rings. The zero-order valence-electron chi connectivity index (χ0n) is 10.8. The van der Waals surface area contributed by atoms with Crippen LogP contribution in [0.1, 0.15) is 26.7 Å². The predicted octanol–water partition coefficient (Wildman–Crippen LogP) is 0.656. The maximum absolute atomic E-state index is 11.4. The van der Waals surface area contributed by atoms with Crippen LogP contribution in [0.15, 0.2) is 0 Å². The molecule has 1 heterocycles. The summed E-state index contributed by atoms with van der Waals surface area (Å²) in [6, 6.07) is -0.301. The van der Waals surface area contributed by atoms with Gasteiger partial charge in [-0.05, 0) is 19.1 Å². The molecule has 0 aromatic carbocycles.